The molecule has 1 aromatic heterocycles. The Labute approximate surface area is 149 Å². The number of hydrogen-bond donors (Lipinski definition) is 3. The quantitative estimate of drug-likeness (QED) is 0.285. The number of carbonyl (C=O) groups excluding carboxylic acids is 1. The van der Waals surface area contributed by atoms with Crippen LogP contribution < -0.4 is 5.32 Å². The number of carbonyl (C=O) groups is 2. The van der Waals surface area contributed by atoms with E-state index in [-0.39, 0.29) is 12.1 Å². The molecule has 0 aromatic carbocycles. The van der Waals surface area contributed by atoms with Gasteiger partial charge in [-0.15, -0.1) is 11.3 Å². The third-order valence-corrected chi connectivity index (χ3v) is 4.22. The normalized spacial score (nSPS) is 20.9. The highest BCUT2D eigenvalue weighted by Crippen LogP contribution is 2.14. The zero-order valence-electron chi connectivity index (χ0n) is 13.6. The van der Waals surface area contributed by atoms with E-state index in [9.17, 15) is 14.6 Å². The molecular formula is C15H19BN2O6S. The van der Waals surface area contributed by atoms with Crippen LogP contribution in [0.4, 0.5) is 0 Å². The van der Waals surface area contributed by atoms with Gasteiger partial charge in [0.15, 0.2) is 5.71 Å². The molecule has 2 unspecified atom stereocenters. The molecule has 8 nitrogen and oxygen atoms in total. The zero-order valence-corrected chi connectivity index (χ0v) is 14.4. The monoisotopic (exact) mass is 366 g/mol. The van der Waals surface area contributed by atoms with E-state index < -0.39 is 31.0 Å². The predicted molar refractivity (Wildman–Crippen MR) is 93.3 cm³/mol. The number of nitrogens with zero attached hydrogens (tertiary/aromatic N) is 1. The molecule has 10 heteroatoms. The Morgan fingerprint density at radius 3 is 3.00 bits per heavy atom. The summed E-state index contributed by atoms with van der Waals surface area (Å²) in [6.45, 7) is 2.07. The summed E-state index contributed by atoms with van der Waals surface area (Å²) in [5, 5.41) is 27.3. The van der Waals surface area contributed by atoms with Crippen molar-refractivity contribution in [2.45, 2.75) is 31.8 Å². The Bertz CT molecular complexity index is 648. The van der Waals surface area contributed by atoms with Gasteiger partial charge in [0, 0.05) is 0 Å². The van der Waals surface area contributed by atoms with Crippen LogP contribution in [0.25, 0.3) is 0 Å². The molecule has 0 fully saturated rings. The van der Waals surface area contributed by atoms with Crippen LogP contribution in [0.1, 0.15) is 24.6 Å². The third kappa shape index (κ3) is 5.70. The van der Waals surface area contributed by atoms with Crippen molar-refractivity contribution in [3.63, 3.8) is 0 Å². The van der Waals surface area contributed by atoms with Crippen LogP contribution in [-0.2, 0) is 19.1 Å². The second-order valence-corrected chi connectivity index (χ2v) is 6.19. The largest absolute Gasteiger partial charge is 0.481 e. The standard InChI is InChI=1S/C15H19BN2O6S/c1-2-23-18-14(11-6-4-8-25-11)15(21)17-12-7-3-5-10(9-13(19)20)24-16(12)22/h3-6,8,10,12,22H,2,7,9H2,1H3,(H,17,21)(H,19,20). The van der Waals surface area contributed by atoms with Crippen LogP contribution in [0.3, 0.4) is 0 Å². The minimum atomic E-state index is -1.33. The van der Waals surface area contributed by atoms with E-state index in [1.165, 1.54) is 11.3 Å². The van der Waals surface area contributed by atoms with E-state index >= 15 is 0 Å². The second-order valence-electron chi connectivity index (χ2n) is 5.24. The van der Waals surface area contributed by atoms with Crippen LogP contribution >= 0.6 is 11.3 Å². The van der Waals surface area contributed by atoms with Gasteiger partial charge in [-0.1, -0.05) is 23.4 Å². The number of thiophene rings is 1. The lowest BCUT2D eigenvalue weighted by Gasteiger charge is -2.20. The third-order valence-electron chi connectivity index (χ3n) is 3.35. The molecule has 0 spiro atoms. The lowest BCUT2D eigenvalue weighted by atomic mass is 9.77. The number of carboxylic acid groups (broad SMARTS) is 1. The molecule has 2 heterocycles. The average Bonchev–Trinajstić information content (AvgIpc) is 3.02. The maximum atomic E-state index is 12.5. The van der Waals surface area contributed by atoms with Gasteiger partial charge in [0.2, 0.25) is 0 Å². The number of oxime groups is 1. The van der Waals surface area contributed by atoms with Gasteiger partial charge in [-0.05, 0) is 24.8 Å². The Morgan fingerprint density at radius 2 is 2.36 bits per heavy atom. The molecule has 0 saturated heterocycles. The lowest BCUT2D eigenvalue weighted by molar-refractivity contribution is -0.138. The van der Waals surface area contributed by atoms with E-state index in [4.69, 9.17) is 14.6 Å². The molecular weight excluding hydrogens is 347 g/mol. The predicted octanol–water partition coefficient (Wildman–Crippen LogP) is 0.813. The van der Waals surface area contributed by atoms with Gasteiger partial charge in [0.25, 0.3) is 5.91 Å². The first kappa shape index (κ1) is 19.2. The molecule has 2 rings (SSSR count). The first-order valence-corrected chi connectivity index (χ1v) is 8.66. The minimum absolute atomic E-state index is 0.111. The van der Waals surface area contributed by atoms with Crippen LogP contribution in [0, 0.1) is 0 Å². The fourth-order valence-electron chi connectivity index (χ4n) is 2.21. The summed E-state index contributed by atoms with van der Waals surface area (Å²) in [6, 6.07) is 3.53. The maximum absolute atomic E-state index is 12.5. The topological polar surface area (TPSA) is 117 Å². The smallest absolute Gasteiger partial charge is 0.478 e. The van der Waals surface area contributed by atoms with Crippen LogP contribution in [0.2, 0.25) is 0 Å². The molecule has 0 aliphatic carbocycles. The fraction of sp³-hybridized carbons (Fsp3) is 0.400. The van der Waals surface area contributed by atoms with Crippen LogP contribution in [0.15, 0.2) is 34.8 Å². The van der Waals surface area contributed by atoms with Crippen molar-refractivity contribution >= 4 is 36.0 Å². The molecule has 2 atom stereocenters. The molecule has 25 heavy (non-hydrogen) atoms. The average molecular weight is 366 g/mol. The van der Waals surface area contributed by atoms with Gasteiger partial charge < -0.3 is 24.9 Å². The Morgan fingerprint density at radius 1 is 1.56 bits per heavy atom. The summed E-state index contributed by atoms with van der Waals surface area (Å²) < 4.78 is 5.29. The number of amides is 1. The molecule has 1 aliphatic rings. The summed E-state index contributed by atoms with van der Waals surface area (Å²) in [5.41, 5.74) is 0.111. The highest BCUT2D eigenvalue weighted by molar-refractivity contribution is 7.13. The number of rotatable bonds is 7. The van der Waals surface area contributed by atoms with Crippen molar-refractivity contribution in [2.24, 2.45) is 5.16 Å². The SMILES string of the molecule is CCON=C(C(=O)NC1CC=CC(CC(=O)O)OB1O)c1cccs1. The summed E-state index contributed by atoms with van der Waals surface area (Å²) in [7, 11) is -1.33. The van der Waals surface area contributed by atoms with Gasteiger partial charge in [-0.2, -0.15) is 0 Å². The van der Waals surface area contributed by atoms with Gasteiger partial charge in [-0.3, -0.25) is 9.59 Å². The Balaban J connectivity index is 2.05. The summed E-state index contributed by atoms with van der Waals surface area (Å²) >= 11 is 1.34. The molecule has 0 radical (unpaired) electrons. The van der Waals surface area contributed by atoms with Crippen molar-refractivity contribution in [3.05, 3.63) is 34.5 Å². The number of carboxylic acids is 1. The first-order valence-electron chi connectivity index (χ1n) is 7.78. The van der Waals surface area contributed by atoms with Crippen molar-refractivity contribution in [2.75, 3.05) is 6.61 Å². The molecule has 0 bridgehead atoms. The highest BCUT2D eigenvalue weighted by atomic mass is 32.1. The number of nitrogens with one attached hydrogen (secondary N) is 1. The zero-order chi connectivity index (χ0) is 18.2. The van der Waals surface area contributed by atoms with Crippen molar-refractivity contribution in [3.8, 4) is 0 Å². The van der Waals surface area contributed by atoms with Gasteiger partial charge in [0.05, 0.1) is 23.3 Å². The van der Waals surface area contributed by atoms with Gasteiger partial charge >= 0.3 is 13.1 Å². The van der Waals surface area contributed by atoms with E-state index in [1.807, 2.05) is 5.38 Å². The fourth-order valence-corrected chi connectivity index (χ4v) is 2.91. The number of hydrogen-bond acceptors (Lipinski definition) is 7. The summed E-state index contributed by atoms with van der Waals surface area (Å²) in [4.78, 5) is 28.9. The van der Waals surface area contributed by atoms with Crippen molar-refractivity contribution in [1.82, 2.24) is 5.32 Å². The Kier molecular flexibility index (Phi) is 7.17. The number of aliphatic carboxylic acids is 1. The maximum Gasteiger partial charge on any atom is 0.478 e. The van der Waals surface area contributed by atoms with E-state index in [1.54, 1.807) is 31.2 Å². The van der Waals surface area contributed by atoms with Crippen LogP contribution in [-0.4, -0.2) is 53.5 Å². The van der Waals surface area contributed by atoms with Gasteiger partial charge in [0.1, 0.15) is 6.61 Å². The lowest BCUT2D eigenvalue weighted by Crippen LogP contribution is -2.50. The minimum Gasteiger partial charge on any atom is -0.481 e. The van der Waals surface area contributed by atoms with E-state index in [2.05, 4.69) is 10.5 Å². The summed E-state index contributed by atoms with van der Waals surface area (Å²) in [6.07, 6.45) is 2.54. The molecule has 3 N–H and O–H groups in total. The van der Waals surface area contributed by atoms with Crippen molar-refractivity contribution < 1.29 is 29.2 Å². The van der Waals surface area contributed by atoms with Crippen molar-refractivity contribution in [1.29, 1.82) is 0 Å². The highest BCUT2D eigenvalue weighted by Gasteiger charge is 2.33. The first-order chi connectivity index (χ1) is 12.0. The second kappa shape index (κ2) is 9.35. The van der Waals surface area contributed by atoms with Crippen LogP contribution in [0.5, 0.6) is 0 Å². The molecule has 134 valence electrons. The molecule has 1 aromatic rings. The Hall–Kier alpha value is -2.17. The van der Waals surface area contributed by atoms with E-state index in [0.717, 1.165) is 0 Å². The summed E-state index contributed by atoms with van der Waals surface area (Å²) in [5.74, 6) is -2.27. The molecule has 0 saturated carbocycles. The van der Waals surface area contributed by atoms with E-state index in [0.29, 0.717) is 17.9 Å². The van der Waals surface area contributed by atoms with Gasteiger partial charge in [-0.25, -0.2) is 0 Å². The molecule has 1 aliphatic heterocycles. The molecule has 1 amide bonds.